The van der Waals surface area contributed by atoms with Crippen LogP contribution in [-0.2, 0) is 11.3 Å². The number of nitrogen functional groups attached to an aromatic ring is 1. The highest BCUT2D eigenvalue weighted by Crippen LogP contribution is 2.33. The van der Waals surface area contributed by atoms with Crippen molar-refractivity contribution >= 4 is 46.6 Å². The lowest BCUT2D eigenvalue weighted by molar-refractivity contribution is -0.117. The van der Waals surface area contributed by atoms with Gasteiger partial charge in [0.15, 0.2) is 16.7 Å². The molecule has 1 unspecified atom stereocenters. The minimum Gasteiger partial charge on any atom is -0.467 e. The molecule has 3 heterocycles. The van der Waals surface area contributed by atoms with E-state index in [1.54, 1.807) is 12.1 Å². The number of aliphatic imine (C=N–C) groups is 1. The Bertz CT molecular complexity index is 1290. The van der Waals surface area contributed by atoms with E-state index >= 15 is 0 Å². The van der Waals surface area contributed by atoms with Crippen LogP contribution in [0.25, 0.3) is 0 Å². The van der Waals surface area contributed by atoms with Crippen molar-refractivity contribution in [2.24, 2.45) is 10.9 Å². The van der Waals surface area contributed by atoms with E-state index in [-0.39, 0.29) is 41.6 Å². The molecular weight excluding hydrogens is 480 g/mol. The first-order chi connectivity index (χ1) is 17.4. The second-order valence-corrected chi connectivity index (χ2v) is 9.72. The van der Waals surface area contributed by atoms with Crippen LogP contribution in [0.3, 0.4) is 0 Å². The predicted octanol–water partition coefficient (Wildman–Crippen LogP) is 3.00. The summed E-state index contributed by atoms with van der Waals surface area (Å²) in [6.07, 6.45) is 4.10. The van der Waals surface area contributed by atoms with Crippen LogP contribution in [0.4, 0.5) is 17.2 Å². The molecule has 3 aromatic rings. The fourth-order valence-corrected chi connectivity index (χ4v) is 4.26. The van der Waals surface area contributed by atoms with Crippen molar-refractivity contribution in [1.29, 1.82) is 0 Å². The van der Waals surface area contributed by atoms with Crippen molar-refractivity contribution in [3.63, 3.8) is 0 Å². The molecule has 36 heavy (non-hydrogen) atoms. The van der Waals surface area contributed by atoms with E-state index in [4.69, 9.17) is 10.2 Å². The number of benzene rings is 1. The third-order valence-electron chi connectivity index (χ3n) is 5.61. The number of carbonyl (C=O) groups is 2. The highest BCUT2D eigenvalue weighted by atomic mass is 32.2. The summed E-state index contributed by atoms with van der Waals surface area (Å²) < 4.78 is 5.28. The average Bonchev–Trinajstić information content (AvgIpc) is 3.44. The van der Waals surface area contributed by atoms with Gasteiger partial charge in [-0.05, 0) is 67.9 Å². The largest absolute Gasteiger partial charge is 0.467 e. The van der Waals surface area contributed by atoms with E-state index in [1.807, 2.05) is 31.2 Å². The number of hydrogen-bond acceptors (Lipinski definition) is 9. The number of anilines is 2. The van der Waals surface area contributed by atoms with Gasteiger partial charge < -0.3 is 26.2 Å². The molecule has 2 aliphatic rings. The Morgan fingerprint density at radius 2 is 2.03 bits per heavy atom. The van der Waals surface area contributed by atoms with Gasteiger partial charge in [0.25, 0.3) is 5.91 Å². The number of furan rings is 1. The van der Waals surface area contributed by atoms with Gasteiger partial charge in [-0.3, -0.25) is 9.59 Å². The number of amides is 2. The van der Waals surface area contributed by atoms with Crippen LogP contribution in [0.1, 0.15) is 42.4 Å². The van der Waals surface area contributed by atoms with Crippen molar-refractivity contribution in [2.75, 3.05) is 11.1 Å². The Morgan fingerprint density at radius 3 is 2.69 bits per heavy atom. The van der Waals surface area contributed by atoms with Crippen LogP contribution in [0.5, 0.6) is 0 Å². The van der Waals surface area contributed by atoms with Gasteiger partial charge in [-0.25, -0.2) is 20.4 Å². The third kappa shape index (κ3) is 5.83. The Kier molecular flexibility index (Phi) is 6.87. The molecule has 0 spiro atoms. The van der Waals surface area contributed by atoms with Gasteiger partial charge in [-0.2, -0.15) is 0 Å². The molecule has 1 saturated carbocycles. The van der Waals surface area contributed by atoms with Crippen LogP contribution >= 0.6 is 11.8 Å². The molecule has 1 aromatic carbocycles. The second kappa shape index (κ2) is 10.4. The molecule has 2 amide bonds. The number of amidine groups is 1. The van der Waals surface area contributed by atoms with Gasteiger partial charge in [0.1, 0.15) is 17.3 Å². The van der Waals surface area contributed by atoms with E-state index in [2.05, 4.69) is 36.4 Å². The van der Waals surface area contributed by atoms with E-state index in [9.17, 15) is 9.59 Å². The van der Waals surface area contributed by atoms with E-state index in [1.165, 1.54) is 18.0 Å². The fourth-order valence-electron chi connectivity index (χ4n) is 3.51. The van der Waals surface area contributed by atoms with Crippen LogP contribution in [0, 0.1) is 5.92 Å². The Hall–Kier alpha value is -3.90. The van der Waals surface area contributed by atoms with Crippen molar-refractivity contribution in [3.05, 3.63) is 54.1 Å². The first kappa shape index (κ1) is 23.8. The van der Waals surface area contributed by atoms with Crippen molar-refractivity contribution in [3.8, 4) is 0 Å². The summed E-state index contributed by atoms with van der Waals surface area (Å²) in [7, 11) is 0. The Balaban J connectivity index is 1.38. The molecule has 2 fully saturated rings. The van der Waals surface area contributed by atoms with E-state index in [0.717, 1.165) is 23.4 Å². The summed E-state index contributed by atoms with van der Waals surface area (Å²) in [6.45, 7) is 2.21. The maximum absolute atomic E-state index is 13.0. The van der Waals surface area contributed by atoms with E-state index in [0.29, 0.717) is 23.2 Å². The molecule has 11 nitrogen and oxygen atoms in total. The monoisotopic (exact) mass is 506 g/mol. The van der Waals surface area contributed by atoms with Gasteiger partial charge in [0.05, 0.1) is 12.8 Å². The topological polar surface area (TPSA) is 160 Å². The van der Waals surface area contributed by atoms with Gasteiger partial charge in [0, 0.05) is 29.0 Å². The minimum atomic E-state index is -0.460. The molecular formula is C24H26N8O3S. The smallest absolute Gasteiger partial charge is 0.272 e. The average molecular weight is 507 g/mol. The first-order valence-corrected chi connectivity index (χ1v) is 12.4. The molecule has 186 valence electrons. The predicted molar refractivity (Wildman–Crippen MR) is 136 cm³/mol. The summed E-state index contributed by atoms with van der Waals surface area (Å²) in [6, 6.07) is 11.1. The van der Waals surface area contributed by atoms with Crippen molar-refractivity contribution in [1.82, 2.24) is 26.1 Å². The lowest BCUT2D eigenvalue weighted by Crippen LogP contribution is -2.29. The number of nitrogens with zero attached hydrogens (tertiary/aromatic N) is 3. The Morgan fingerprint density at radius 1 is 1.22 bits per heavy atom. The van der Waals surface area contributed by atoms with Gasteiger partial charge in [0.2, 0.25) is 5.91 Å². The number of rotatable bonds is 8. The highest BCUT2D eigenvalue weighted by molar-refractivity contribution is 7.99. The number of nitrogens with two attached hydrogens (primary N) is 1. The fraction of sp³-hybridized carbons (Fsp3) is 0.292. The number of nitrogens with one attached hydrogen (secondary N) is 4. The molecule has 6 N–H and O–H groups in total. The highest BCUT2D eigenvalue weighted by Gasteiger charge is 2.29. The van der Waals surface area contributed by atoms with Crippen molar-refractivity contribution < 1.29 is 14.0 Å². The molecule has 1 aliphatic carbocycles. The maximum Gasteiger partial charge on any atom is 0.272 e. The normalized spacial score (nSPS) is 18.1. The lowest BCUT2D eigenvalue weighted by atomic mass is 10.2. The third-order valence-corrected chi connectivity index (χ3v) is 6.48. The standard InChI is InChI=1S/C24H26N8O3S/c1-13-11-18(32-31-13)28-21-19(25)20(23(34)26-12-16-3-2-10-35-16)29-24(30-21)36-17-8-6-15(7-9-17)27-22(33)14-4-5-14/h2-3,6-10,13-14,31H,4-5,11-12,25H2,1H3,(H,26,34)(H,27,33)(H,28,29,30,32). The number of carbonyl (C=O) groups excluding carboxylic acids is 2. The summed E-state index contributed by atoms with van der Waals surface area (Å²) in [5, 5.41) is 6.01. The molecule has 5 rings (SSSR count). The molecule has 12 heteroatoms. The SMILES string of the molecule is CC1CC(=Nc2nc(Sc3ccc(NC(=O)C4CC4)cc3)nc(C(=O)NCc3ccco3)c2N)NN1. The van der Waals surface area contributed by atoms with Gasteiger partial charge in [-0.15, -0.1) is 0 Å². The van der Waals surface area contributed by atoms with Crippen LogP contribution in [0.15, 0.2) is 62.1 Å². The number of hydrazine groups is 1. The summed E-state index contributed by atoms with van der Waals surface area (Å²) >= 11 is 1.27. The van der Waals surface area contributed by atoms with Crippen LogP contribution < -0.4 is 27.2 Å². The van der Waals surface area contributed by atoms with Crippen LogP contribution in [0.2, 0.25) is 0 Å². The summed E-state index contributed by atoms with van der Waals surface area (Å²) in [5.41, 5.74) is 13.2. The summed E-state index contributed by atoms with van der Waals surface area (Å²) in [4.78, 5) is 39.3. The van der Waals surface area contributed by atoms with Crippen molar-refractivity contribution in [2.45, 2.75) is 48.8 Å². The molecule has 1 saturated heterocycles. The number of hydrogen-bond donors (Lipinski definition) is 5. The zero-order valence-electron chi connectivity index (χ0n) is 19.6. The molecule has 1 aliphatic heterocycles. The first-order valence-electron chi connectivity index (χ1n) is 11.6. The molecule has 0 bridgehead atoms. The number of aromatic nitrogens is 2. The molecule has 0 radical (unpaired) electrons. The zero-order chi connectivity index (χ0) is 25.1. The molecule has 2 aromatic heterocycles. The lowest BCUT2D eigenvalue weighted by Gasteiger charge is -2.11. The zero-order valence-corrected chi connectivity index (χ0v) is 20.4. The summed E-state index contributed by atoms with van der Waals surface area (Å²) in [5.74, 6) is 1.21. The van der Waals surface area contributed by atoms with Gasteiger partial charge in [-0.1, -0.05) is 0 Å². The minimum absolute atomic E-state index is 0.0331. The molecule has 1 atom stereocenters. The quantitative estimate of drug-likeness (QED) is 0.289. The van der Waals surface area contributed by atoms with Crippen LogP contribution in [-0.4, -0.2) is 33.7 Å². The second-order valence-electron chi connectivity index (χ2n) is 8.68. The Labute approximate surface area is 211 Å². The maximum atomic E-state index is 13.0. The van der Waals surface area contributed by atoms with E-state index < -0.39 is 5.91 Å². The van der Waals surface area contributed by atoms with Gasteiger partial charge >= 0.3 is 0 Å².